The van der Waals surface area contributed by atoms with Crippen molar-refractivity contribution in [2.24, 2.45) is 0 Å². The summed E-state index contributed by atoms with van der Waals surface area (Å²) < 4.78 is 1.19. The normalized spacial score (nSPS) is 15.0. The van der Waals surface area contributed by atoms with E-state index < -0.39 is 0 Å². The average molecular weight is 395 g/mol. The molecule has 2 aromatic heterocycles. The number of fused-ring (bicyclic) bond motifs is 2. The number of aromatic nitrogens is 2. The zero-order chi connectivity index (χ0) is 18.4. The number of piperazine rings is 1. The van der Waals surface area contributed by atoms with Crippen molar-refractivity contribution in [1.29, 1.82) is 0 Å². The van der Waals surface area contributed by atoms with E-state index in [-0.39, 0.29) is 0 Å². The second kappa shape index (κ2) is 6.66. The Kier molecular flexibility index (Phi) is 4.14. The van der Waals surface area contributed by atoms with Crippen LogP contribution in [0.5, 0.6) is 0 Å². The van der Waals surface area contributed by atoms with Crippen LogP contribution in [0.2, 0.25) is 5.02 Å². The van der Waals surface area contributed by atoms with E-state index in [0.29, 0.717) is 0 Å². The lowest BCUT2D eigenvalue weighted by atomic mass is 10.1. The van der Waals surface area contributed by atoms with Crippen LogP contribution in [0.3, 0.4) is 0 Å². The van der Waals surface area contributed by atoms with Crippen molar-refractivity contribution in [3.05, 3.63) is 59.2 Å². The molecule has 6 heteroatoms. The summed E-state index contributed by atoms with van der Waals surface area (Å²) in [6.45, 7) is 5.94. The first-order valence-electron chi connectivity index (χ1n) is 9.10. The molecule has 0 N–H and O–H groups in total. The van der Waals surface area contributed by atoms with E-state index in [1.165, 1.54) is 15.8 Å². The summed E-state index contributed by atoms with van der Waals surface area (Å²) >= 11 is 7.84. The van der Waals surface area contributed by atoms with E-state index in [1.54, 1.807) is 11.3 Å². The van der Waals surface area contributed by atoms with Gasteiger partial charge < -0.3 is 9.80 Å². The van der Waals surface area contributed by atoms with Crippen LogP contribution in [0.4, 0.5) is 10.8 Å². The molecule has 0 spiro atoms. The average Bonchev–Trinajstić information content (AvgIpc) is 3.10. The highest BCUT2D eigenvalue weighted by Crippen LogP contribution is 2.32. The van der Waals surface area contributed by atoms with E-state index in [0.717, 1.165) is 53.1 Å². The maximum Gasteiger partial charge on any atom is 0.186 e. The predicted molar refractivity (Wildman–Crippen MR) is 116 cm³/mol. The molecule has 0 amide bonds. The molecule has 136 valence electrons. The number of anilines is 2. The van der Waals surface area contributed by atoms with Gasteiger partial charge in [0.2, 0.25) is 0 Å². The third-order valence-corrected chi connectivity index (χ3v) is 6.38. The van der Waals surface area contributed by atoms with Gasteiger partial charge in [0.25, 0.3) is 0 Å². The van der Waals surface area contributed by atoms with E-state index in [4.69, 9.17) is 16.6 Å². The predicted octanol–water partition coefficient (Wildman–Crippen LogP) is 5.13. The lowest BCUT2D eigenvalue weighted by Crippen LogP contribution is -2.46. The van der Waals surface area contributed by atoms with Crippen LogP contribution < -0.4 is 9.80 Å². The molecule has 0 bridgehead atoms. The molecule has 0 unspecified atom stereocenters. The SMILES string of the molecule is Cc1cc(N2CCN(c3nc4cc(Cl)ccc4s3)CC2)c2ccccc2n1. The van der Waals surface area contributed by atoms with Gasteiger partial charge in [0.05, 0.1) is 15.7 Å². The Labute approximate surface area is 167 Å². The molecule has 4 nitrogen and oxygen atoms in total. The molecule has 0 saturated carbocycles. The number of pyridine rings is 1. The monoisotopic (exact) mass is 394 g/mol. The minimum absolute atomic E-state index is 0.740. The summed E-state index contributed by atoms with van der Waals surface area (Å²) in [5.74, 6) is 0. The molecule has 5 rings (SSSR count). The number of rotatable bonds is 2. The van der Waals surface area contributed by atoms with Gasteiger partial charge in [-0.05, 0) is 37.3 Å². The first-order valence-corrected chi connectivity index (χ1v) is 10.3. The van der Waals surface area contributed by atoms with Gasteiger partial charge in [-0.2, -0.15) is 0 Å². The molecule has 27 heavy (non-hydrogen) atoms. The van der Waals surface area contributed by atoms with Crippen molar-refractivity contribution < 1.29 is 0 Å². The van der Waals surface area contributed by atoms with E-state index >= 15 is 0 Å². The minimum atomic E-state index is 0.740. The summed E-state index contributed by atoms with van der Waals surface area (Å²) in [6.07, 6.45) is 0. The van der Waals surface area contributed by atoms with Gasteiger partial charge in [0.15, 0.2) is 5.13 Å². The van der Waals surface area contributed by atoms with Crippen molar-refractivity contribution in [3.63, 3.8) is 0 Å². The van der Waals surface area contributed by atoms with Gasteiger partial charge in [-0.1, -0.05) is 41.1 Å². The molecule has 1 fully saturated rings. The highest BCUT2D eigenvalue weighted by atomic mass is 35.5. The number of halogens is 1. The van der Waals surface area contributed by atoms with Gasteiger partial charge >= 0.3 is 0 Å². The molecular formula is C21H19ClN4S. The molecule has 0 radical (unpaired) electrons. The summed E-state index contributed by atoms with van der Waals surface area (Å²) in [4.78, 5) is 14.3. The highest BCUT2D eigenvalue weighted by Gasteiger charge is 2.21. The number of aryl methyl sites for hydroxylation is 1. The van der Waals surface area contributed by atoms with Crippen molar-refractivity contribution in [1.82, 2.24) is 9.97 Å². The van der Waals surface area contributed by atoms with E-state index in [2.05, 4.69) is 58.1 Å². The summed E-state index contributed by atoms with van der Waals surface area (Å²) in [5.41, 5.74) is 4.40. The molecule has 0 atom stereocenters. The fraction of sp³-hybridized carbons (Fsp3) is 0.238. The van der Waals surface area contributed by atoms with Crippen molar-refractivity contribution in [2.75, 3.05) is 36.0 Å². The van der Waals surface area contributed by atoms with Crippen molar-refractivity contribution in [2.45, 2.75) is 6.92 Å². The van der Waals surface area contributed by atoms with Crippen LogP contribution in [0.25, 0.3) is 21.1 Å². The number of thiazole rings is 1. The van der Waals surface area contributed by atoms with Crippen LogP contribution in [0.15, 0.2) is 48.5 Å². The number of hydrogen-bond acceptors (Lipinski definition) is 5. The smallest absolute Gasteiger partial charge is 0.186 e. The zero-order valence-electron chi connectivity index (χ0n) is 15.0. The molecule has 1 aliphatic rings. The molecular weight excluding hydrogens is 376 g/mol. The Morgan fingerprint density at radius 2 is 1.67 bits per heavy atom. The standard InChI is InChI=1S/C21H19ClN4S/c1-14-12-19(16-4-2-3-5-17(16)23-14)25-8-10-26(11-9-25)21-24-18-13-15(22)6-7-20(18)27-21/h2-7,12-13H,8-11H2,1H3. The van der Waals surface area contributed by atoms with Crippen molar-refractivity contribution >= 4 is 54.9 Å². The van der Waals surface area contributed by atoms with Gasteiger partial charge in [-0.3, -0.25) is 4.98 Å². The van der Waals surface area contributed by atoms with E-state index in [9.17, 15) is 0 Å². The highest BCUT2D eigenvalue weighted by molar-refractivity contribution is 7.22. The Morgan fingerprint density at radius 3 is 2.52 bits per heavy atom. The quantitative estimate of drug-likeness (QED) is 0.471. The summed E-state index contributed by atoms with van der Waals surface area (Å²) in [5, 5.41) is 3.05. The Hall–Kier alpha value is -2.37. The molecule has 1 saturated heterocycles. The van der Waals surface area contributed by atoms with Crippen LogP contribution in [0.1, 0.15) is 5.69 Å². The van der Waals surface area contributed by atoms with Crippen LogP contribution >= 0.6 is 22.9 Å². The maximum absolute atomic E-state index is 6.10. The number of para-hydroxylation sites is 1. The summed E-state index contributed by atoms with van der Waals surface area (Å²) in [7, 11) is 0. The van der Waals surface area contributed by atoms with Gasteiger partial charge in [0.1, 0.15) is 0 Å². The molecule has 4 aromatic rings. The molecule has 3 heterocycles. The van der Waals surface area contributed by atoms with Gasteiger partial charge in [-0.15, -0.1) is 0 Å². The Morgan fingerprint density at radius 1 is 0.889 bits per heavy atom. The summed E-state index contributed by atoms with van der Waals surface area (Å²) in [6, 6.07) is 16.5. The van der Waals surface area contributed by atoms with Gasteiger partial charge in [0, 0.05) is 48.0 Å². The fourth-order valence-electron chi connectivity index (χ4n) is 3.71. The maximum atomic E-state index is 6.10. The van der Waals surface area contributed by atoms with Crippen LogP contribution in [-0.4, -0.2) is 36.1 Å². The molecule has 2 aromatic carbocycles. The number of hydrogen-bond donors (Lipinski definition) is 0. The fourth-order valence-corrected chi connectivity index (χ4v) is 4.87. The van der Waals surface area contributed by atoms with Crippen molar-refractivity contribution in [3.8, 4) is 0 Å². The second-order valence-electron chi connectivity index (χ2n) is 6.88. The van der Waals surface area contributed by atoms with Gasteiger partial charge in [-0.25, -0.2) is 4.98 Å². The Balaban J connectivity index is 1.40. The second-order valence-corrected chi connectivity index (χ2v) is 8.33. The zero-order valence-corrected chi connectivity index (χ0v) is 16.6. The number of nitrogens with zero attached hydrogens (tertiary/aromatic N) is 4. The van der Waals surface area contributed by atoms with E-state index in [1.807, 2.05) is 12.1 Å². The number of benzene rings is 2. The third kappa shape index (κ3) is 3.11. The lowest BCUT2D eigenvalue weighted by Gasteiger charge is -2.36. The topological polar surface area (TPSA) is 32.3 Å². The van der Waals surface area contributed by atoms with Crippen LogP contribution in [0, 0.1) is 6.92 Å². The first kappa shape index (κ1) is 16.8. The molecule has 0 aliphatic carbocycles. The Bertz CT molecular complexity index is 1130. The first-order chi connectivity index (χ1) is 13.2. The lowest BCUT2D eigenvalue weighted by molar-refractivity contribution is 0.653. The molecule has 1 aliphatic heterocycles. The minimum Gasteiger partial charge on any atom is -0.367 e. The largest absolute Gasteiger partial charge is 0.367 e. The third-order valence-electron chi connectivity index (χ3n) is 5.05. The van der Waals surface area contributed by atoms with Crippen LogP contribution in [-0.2, 0) is 0 Å².